The number of morpholine rings is 1. The van der Waals surface area contributed by atoms with Crippen LogP contribution in [0.4, 0.5) is 5.13 Å². The van der Waals surface area contributed by atoms with E-state index in [1.54, 1.807) is 7.11 Å². The molecule has 8 nitrogen and oxygen atoms in total. The number of hydrogen-bond acceptors (Lipinski definition) is 9. The maximum absolute atomic E-state index is 13.4. The van der Waals surface area contributed by atoms with Crippen molar-refractivity contribution in [2.75, 3.05) is 51.9 Å². The lowest BCUT2D eigenvalue weighted by Crippen LogP contribution is -2.38. The van der Waals surface area contributed by atoms with Gasteiger partial charge in [0.15, 0.2) is 5.13 Å². The van der Waals surface area contributed by atoms with E-state index in [1.165, 1.54) is 22.7 Å². The Labute approximate surface area is 215 Å². The maximum Gasteiger partial charge on any atom is 0.274 e. The normalized spacial score (nSPS) is 14.5. The number of nitrogens with zero attached hydrogens (tertiary/aromatic N) is 3. The number of nitrogens with one attached hydrogen (secondary N) is 1. The van der Waals surface area contributed by atoms with Crippen molar-refractivity contribution in [2.45, 2.75) is 0 Å². The molecular weight excluding hydrogens is 496 g/mol. The highest BCUT2D eigenvalue weighted by Crippen LogP contribution is 2.37. The topological polar surface area (TPSA) is 85.8 Å². The first kappa shape index (κ1) is 23.1. The lowest BCUT2D eigenvalue weighted by molar-refractivity contribution is 0.0322. The molecule has 0 spiro atoms. The van der Waals surface area contributed by atoms with Crippen molar-refractivity contribution >= 4 is 64.9 Å². The van der Waals surface area contributed by atoms with Crippen LogP contribution in [0.5, 0.6) is 10.9 Å². The van der Waals surface area contributed by atoms with Gasteiger partial charge in [0.1, 0.15) is 17.9 Å². The molecule has 0 bridgehead atoms. The van der Waals surface area contributed by atoms with Crippen LogP contribution in [0.1, 0.15) is 10.4 Å². The van der Waals surface area contributed by atoms with E-state index in [0.29, 0.717) is 28.2 Å². The zero-order valence-electron chi connectivity index (χ0n) is 19.7. The smallest absolute Gasteiger partial charge is 0.274 e. The number of anilines is 1. The van der Waals surface area contributed by atoms with Crippen LogP contribution in [-0.2, 0) is 4.74 Å². The average molecular weight is 521 g/mol. The van der Waals surface area contributed by atoms with Gasteiger partial charge >= 0.3 is 0 Å². The summed E-state index contributed by atoms with van der Waals surface area (Å²) in [7, 11) is 1.61. The highest BCUT2D eigenvalue weighted by molar-refractivity contribution is 7.25. The number of aromatic nitrogens is 2. The summed E-state index contributed by atoms with van der Waals surface area (Å²) in [5.41, 5.74) is 2.11. The molecule has 10 heteroatoms. The van der Waals surface area contributed by atoms with Crippen LogP contribution in [0.25, 0.3) is 31.2 Å². The summed E-state index contributed by atoms with van der Waals surface area (Å²) in [6.07, 6.45) is 0. The summed E-state index contributed by atoms with van der Waals surface area (Å²) in [5, 5.41) is 6.10. The lowest BCUT2D eigenvalue weighted by atomic mass is 10.1. The Kier molecular flexibility index (Phi) is 6.41. The molecule has 3 heterocycles. The molecule has 5 aromatic rings. The minimum atomic E-state index is -0.256. The summed E-state index contributed by atoms with van der Waals surface area (Å²) in [5.74, 6) is 0.306. The van der Waals surface area contributed by atoms with Gasteiger partial charge in [-0.05, 0) is 35.0 Å². The van der Waals surface area contributed by atoms with Crippen LogP contribution in [0.15, 0.2) is 48.5 Å². The predicted octanol–water partition coefficient (Wildman–Crippen LogP) is 5.03. The van der Waals surface area contributed by atoms with Crippen molar-refractivity contribution < 1.29 is 19.0 Å². The van der Waals surface area contributed by atoms with Gasteiger partial charge < -0.3 is 14.2 Å². The molecule has 6 rings (SSSR count). The van der Waals surface area contributed by atoms with Crippen LogP contribution in [0.2, 0.25) is 0 Å². The quantitative estimate of drug-likeness (QED) is 0.322. The highest BCUT2D eigenvalue weighted by Gasteiger charge is 2.19. The first-order chi connectivity index (χ1) is 17.7. The van der Waals surface area contributed by atoms with Gasteiger partial charge in [-0.3, -0.25) is 15.0 Å². The van der Waals surface area contributed by atoms with E-state index in [-0.39, 0.29) is 5.91 Å². The van der Waals surface area contributed by atoms with E-state index in [9.17, 15) is 4.79 Å². The fourth-order valence-corrected chi connectivity index (χ4v) is 6.09. The second-order valence-electron chi connectivity index (χ2n) is 8.42. The fraction of sp³-hybridized carbons (Fsp3) is 0.269. The van der Waals surface area contributed by atoms with Gasteiger partial charge in [0, 0.05) is 19.6 Å². The van der Waals surface area contributed by atoms with Crippen molar-refractivity contribution in [3.8, 4) is 10.9 Å². The Morgan fingerprint density at radius 3 is 2.69 bits per heavy atom. The Bertz CT molecular complexity index is 1560. The molecule has 0 aliphatic carbocycles. The van der Waals surface area contributed by atoms with E-state index in [0.717, 1.165) is 64.1 Å². The van der Waals surface area contributed by atoms with Gasteiger partial charge in [0.05, 0.1) is 40.8 Å². The van der Waals surface area contributed by atoms with Gasteiger partial charge in [-0.1, -0.05) is 46.9 Å². The molecule has 1 fully saturated rings. The zero-order chi connectivity index (χ0) is 24.5. The lowest BCUT2D eigenvalue weighted by Gasteiger charge is -2.26. The molecule has 1 aliphatic rings. The van der Waals surface area contributed by atoms with Crippen molar-refractivity contribution in [3.63, 3.8) is 0 Å². The molecule has 0 atom stereocenters. The van der Waals surface area contributed by atoms with Crippen molar-refractivity contribution in [1.29, 1.82) is 0 Å². The molecular formula is C26H24N4O4S2. The van der Waals surface area contributed by atoms with E-state index >= 15 is 0 Å². The number of carbonyl (C=O) groups excluding carboxylic acids is 1. The minimum absolute atomic E-state index is 0.256. The number of carbonyl (C=O) groups is 1. The number of methoxy groups -OCH3 is 1. The van der Waals surface area contributed by atoms with Crippen LogP contribution in [0.3, 0.4) is 0 Å². The summed E-state index contributed by atoms with van der Waals surface area (Å²) in [6.45, 7) is 4.54. The average Bonchev–Trinajstić information content (AvgIpc) is 3.52. The second-order valence-corrected chi connectivity index (χ2v) is 10.4. The molecule has 1 aliphatic heterocycles. The third-order valence-corrected chi connectivity index (χ3v) is 8.13. The van der Waals surface area contributed by atoms with Crippen LogP contribution in [0, 0.1) is 0 Å². The van der Waals surface area contributed by atoms with E-state index in [4.69, 9.17) is 14.2 Å². The minimum Gasteiger partial charge on any atom is -0.491 e. The molecule has 1 N–H and O–H groups in total. The SMILES string of the molecule is COc1nc2c(ccc3nc(NC(=O)c4cc5ccccc5cc4OCCN4CCOCC4)sc32)s1. The van der Waals surface area contributed by atoms with Gasteiger partial charge in [0.25, 0.3) is 11.1 Å². The van der Waals surface area contributed by atoms with E-state index in [1.807, 2.05) is 48.5 Å². The molecule has 184 valence electrons. The van der Waals surface area contributed by atoms with Crippen molar-refractivity contribution in [1.82, 2.24) is 14.9 Å². The van der Waals surface area contributed by atoms with Crippen molar-refractivity contribution in [3.05, 3.63) is 54.1 Å². The highest BCUT2D eigenvalue weighted by atomic mass is 32.1. The Hall–Kier alpha value is -3.31. The third-order valence-electron chi connectivity index (χ3n) is 6.15. The Balaban J connectivity index is 1.27. The first-order valence-electron chi connectivity index (χ1n) is 11.7. The standard InChI is InChI=1S/C26H24N4O4S2/c1-32-26-28-22-21(35-26)7-6-19-23(22)36-25(27-19)29-24(31)18-14-16-4-2-3-5-17(16)15-20(18)34-13-10-30-8-11-33-12-9-30/h2-7,14-15H,8-13H2,1H3,(H,27,29,31). The molecule has 0 radical (unpaired) electrons. The number of rotatable bonds is 7. The fourth-order valence-electron chi connectivity index (χ4n) is 4.29. The van der Waals surface area contributed by atoms with E-state index in [2.05, 4.69) is 20.2 Å². The number of thiazole rings is 2. The van der Waals surface area contributed by atoms with Gasteiger partial charge in [-0.15, -0.1) is 0 Å². The molecule has 2 aromatic heterocycles. The number of amides is 1. The summed E-state index contributed by atoms with van der Waals surface area (Å²) in [6, 6.07) is 15.7. The largest absolute Gasteiger partial charge is 0.491 e. The maximum atomic E-state index is 13.4. The summed E-state index contributed by atoms with van der Waals surface area (Å²) >= 11 is 2.89. The van der Waals surface area contributed by atoms with Crippen LogP contribution < -0.4 is 14.8 Å². The van der Waals surface area contributed by atoms with Crippen LogP contribution in [-0.4, -0.2) is 67.3 Å². The Morgan fingerprint density at radius 2 is 1.89 bits per heavy atom. The number of fused-ring (bicyclic) bond motifs is 4. The van der Waals surface area contributed by atoms with E-state index < -0.39 is 0 Å². The van der Waals surface area contributed by atoms with Crippen molar-refractivity contribution in [2.24, 2.45) is 0 Å². The third kappa shape index (κ3) is 4.60. The molecule has 0 saturated carbocycles. The Morgan fingerprint density at radius 1 is 1.08 bits per heavy atom. The van der Waals surface area contributed by atoms with Gasteiger partial charge in [0.2, 0.25) is 0 Å². The predicted molar refractivity (Wildman–Crippen MR) is 144 cm³/mol. The first-order valence-corrected chi connectivity index (χ1v) is 13.3. The number of ether oxygens (including phenoxy) is 3. The molecule has 36 heavy (non-hydrogen) atoms. The monoisotopic (exact) mass is 520 g/mol. The molecule has 3 aromatic carbocycles. The summed E-state index contributed by atoms with van der Waals surface area (Å²) < 4.78 is 18.8. The molecule has 1 saturated heterocycles. The zero-order valence-corrected chi connectivity index (χ0v) is 21.3. The second kappa shape index (κ2) is 9.98. The number of benzene rings is 3. The summed E-state index contributed by atoms with van der Waals surface area (Å²) in [4.78, 5) is 24.9. The van der Waals surface area contributed by atoms with Crippen LogP contribution >= 0.6 is 22.7 Å². The molecule has 1 amide bonds. The van der Waals surface area contributed by atoms with Gasteiger partial charge in [-0.2, -0.15) is 0 Å². The molecule has 0 unspecified atom stereocenters. The van der Waals surface area contributed by atoms with Gasteiger partial charge in [-0.25, -0.2) is 9.97 Å². The number of hydrogen-bond donors (Lipinski definition) is 1.